The highest BCUT2D eigenvalue weighted by Gasteiger charge is 2.14. The number of nitrogens with zero attached hydrogens (tertiary/aromatic N) is 2. The van der Waals surface area contributed by atoms with Crippen molar-refractivity contribution in [3.05, 3.63) is 35.5 Å². The lowest BCUT2D eigenvalue weighted by molar-refractivity contribution is 0.741. The fraction of sp³-hybridized carbons (Fsp3) is 0.231. The van der Waals surface area contributed by atoms with Crippen LogP contribution < -0.4 is 10.9 Å². The number of aromatic nitrogens is 1. The second-order valence-corrected chi connectivity index (χ2v) is 4.10. The number of aryl methyl sites for hydroxylation is 1. The maximum absolute atomic E-state index is 9.15. The maximum Gasteiger partial charge on any atom is 0.150 e. The molecule has 4 heteroatoms. The molecule has 1 aromatic carbocycles. The second kappa shape index (κ2) is 4.04. The molecule has 0 saturated heterocycles. The molecule has 0 unspecified atom stereocenters. The first-order valence-electron chi connectivity index (χ1n) is 5.71. The summed E-state index contributed by atoms with van der Waals surface area (Å²) in [6.07, 6.45) is 2.05. The van der Waals surface area contributed by atoms with Gasteiger partial charge in [-0.15, -0.1) is 0 Å². The van der Waals surface area contributed by atoms with Crippen LogP contribution in [0.25, 0.3) is 10.8 Å². The first kappa shape index (κ1) is 10.1. The van der Waals surface area contributed by atoms with E-state index in [4.69, 9.17) is 5.26 Å². The zero-order valence-corrected chi connectivity index (χ0v) is 9.33. The molecular formula is C13H12N4. The Bertz CT molecular complexity index is 613. The van der Waals surface area contributed by atoms with E-state index in [9.17, 15) is 0 Å². The van der Waals surface area contributed by atoms with Crippen LogP contribution in [-0.4, -0.2) is 11.5 Å². The fourth-order valence-electron chi connectivity index (χ4n) is 2.26. The van der Waals surface area contributed by atoms with Crippen LogP contribution in [0.15, 0.2) is 24.3 Å². The number of fused-ring (bicyclic) bond motifs is 3. The highest BCUT2D eigenvalue weighted by Crippen LogP contribution is 2.28. The molecule has 0 spiro atoms. The predicted octanol–water partition coefficient (Wildman–Crippen LogP) is 1.97. The van der Waals surface area contributed by atoms with Crippen LogP contribution in [-0.2, 0) is 6.42 Å². The Kier molecular flexibility index (Phi) is 2.39. The van der Waals surface area contributed by atoms with Crippen LogP contribution >= 0.6 is 0 Å². The number of benzene rings is 1. The molecule has 1 aliphatic rings. The molecule has 2 N–H and O–H groups in total. The molecule has 3 rings (SSSR count). The number of pyridine rings is 1. The Balaban J connectivity index is 2.36. The van der Waals surface area contributed by atoms with E-state index in [-0.39, 0.29) is 0 Å². The van der Waals surface area contributed by atoms with Crippen molar-refractivity contribution >= 4 is 16.6 Å². The molecular weight excluding hydrogens is 212 g/mol. The Morgan fingerprint density at radius 1 is 1.24 bits per heavy atom. The van der Waals surface area contributed by atoms with Gasteiger partial charge in [-0.3, -0.25) is 0 Å². The highest BCUT2D eigenvalue weighted by molar-refractivity contribution is 5.92. The average Bonchev–Trinajstić information content (AvgIpc) is 2.63. The van der Waals surface area contributed by atoms with Crippen LogP contribution in [0.2, 0.25) is 0 Å². The lowest BCUT2D eigenvalue weighted by Crippen LogP contribution is -2.21. The second-order valence-electron chi connectivity index (χ2n) is 4.10. The SMILES string of the molecule is N#Cc1nc2c(c3ccccc13)CCCNN2. The van der Waals surface area contributed by atoms with Gasteiger partial charge in [-0.1, -0.05) is 24.3 Å². The Morgan fingerprint density at radius 2 is 2.06 bits per heavy atom. The third-order valence-corrected chi connectivity index (χ3v) is 3.06. The molecule has 0 aliphatic carbocycles. The molecule has 2 heterocycles. The largest absolute Gasteiger partial charge is 0.306 e. The van der Waals surface area contributed by atoms with Crippen molar-refractivity contribution < 1.29 is 0 Å². The molecule has 2 aromatic rings. The van der Waals surface area contributed by atoms with Crippen molar-refractivity contribution in [3.8, 4) is 6.07 Å². The van der Waals surface area contributed by atoms with Gasteiger partial charge in [0, 0.05) is 17.5 Å². The first-order valence-corrected chi connectivity index (χ1v) is 5.71. The number of anilines is 1. The van der Waals surface area contributed by atoms with E-state index in [0.29, 0.717) is 5.69 Å². The van der Waals surface area contributed by atoms with Crippen molar-refractivity contribution in [1.29, 1.82) is 5.26 Å². The minimum absolute atomic E-state index is 0.482. The molecule has 0 saturated carbocycles. The number of rotatable bonds is 0. The molecule has 0 bridgehead atoms. The predicted molar refractivity (Wildman–Crippen MR) is 66.4 cm³/mol. The minimum atomic E-state index is 0.482. The molecule has 0 radical (unpaired) electrons. The highest BCUT2D eigenvalue weighted by atomic mass is 15.4. The van der Waals surface area contributed by atoms with Gasteiger partial charge < -0.3 is 5.43 Å². The van der Waals surface area contributed by atoms with Gasteiger partial charge in [0.15, 0.2) is 5.69 Å². The van der Waals surface area contributed by atoms with E-state index in [1.54, 1.807) is 0 Å². The smallest absolute Gasteiger partial charge is 0.150 e. The van der Waals surface area contributed by atoms with E-state index in [0.717, 1.165) is 36.0 Å². The van der Waals surface area contributed by atoms with Gasteiger partial charge in [0.1, 0.15) is 11.9 Å². The van der Waals surface area contributed by atoms with Gasteiger partial charge in [0.2, 0.25) is 0 Å². The summed E-state index contributed by atoms with van der Waals surface area (Å²) >= 11 is 0. The summed E-state index contributed by atoms with van der Waals surface area (Å²) in [4.78, 5) is 4.39. The fourth-order valence-corrected chi connectivity index (χ4v) is 2.26. The van der Waals surface area contributed by atoms with Crippen LogP contribution in [0.4, 0.5) is 5.82 Å². The zero-order valence-electron chi connectivity index (χ0n) is 9.33. The van der Waals surface area contributed by atoms with Gasteiger partial charge >= 0.3 is 0 Å². The van der Waals surface area contributed by atoms with Crippen molar-refractivity contribution in [3.63, 3.8) is 0 Å². The van der Waals surface area contributed by atoms with Gasteiger partial charge in [0.25, 0.3) is 0 Å². The van der Waals surface area contributed by atoms with Gasteiger partial charge in [-0.25, -0.2) is 10.4 Å². The third-order valence-electron chi connectivity index (χ3n) is 3.06. The number of hydrogen-bond acceptors (Lipinski definition) is 4. The Morgan fingerprint density at radius 3 is 2.88 bits per heavy atom. The van der Waals surface area contributed by atoms with Crippen LogP contribution in [0.1, 0.15) is 17.7 Å². The summed E-state index contributed by atoms with van der Waals surface area (Å²) in [6, 6.07) is 10.1. The number of nitriles is 1. The number of hydrogen-bond donors (Lipinski definition) is 2. The number of nitrogens with one attached hydrogen (secondary N) is 2. The van der Waals surface area contributed by atoms with Crippen molar-refractivity contribution in [2.45, 2.75) is 12.8 Å². The summed E-state index contributed by atoms with van der Waals surface area (Å²) in [5.41, 5.74) is 7.86. The molecule has 0 amide bonds. The quantitative estimate of drug-likeness (QED) is 0.718. The molecule has 1 aliphatic heterocycles. The van der Waals surface area contributed by atoms with Gasteiger partial charge in [-0.05, 0) is 18.2 Å². The molecule has 0 atom stereocenters. The van der Waals surface area contributed by atoms with Crippen molar-refractivity contribution in [2.24, 2.45) is 0 Å². The molecule has 17 heavy (non-hydrogen) atoms. The Labute approximate surface area is 99.2 Å². The monoisotopic (exact) mass is 224 g/mol. The molecule has 1 aromatic heterocycles. The third kappa shape index (κ3) is 1.61. The lowest BCUT2D eigenvalue weighted by Gasteiger charge is -2.11. The Hall–Kier alpha value is -2.12. The van der Waals surface area contributed by atoms with Crippen LogP contribution in [0.5, 0.6) is 0 Å². The molecule has 4 nitrogen and oxygen atoms in total. The van der Waals surface area contributed by atoms with Crippen molar-refractivity contribution in [1.82, 2.24) is 10.4 Å². The summed E-state index contributed by atoms with van der Waals surface area (Å²) < 4.78 is 0. The molecule has 84 valence electrons. The standard InChI is InChI=1S/C13H12N4/c14-8-12-10-5-2-1-4-9(10)11-6-3-7-15-17-13(11)16-12/h1-2,4-5,15H,3,6-7H2,(H,16,17). The first-order chi connectivity index (χ1) is 8.40. The molecule has 0 fully saturated rings. The minimum Gasteiger partial charge on any atom is -0.306 e. The van der Waals surface area contributed by atoms with E-state index >= 15 is 0 Å². The van der Waals surface area contributed by atoms with Crippen LogP contribution in [0, 0.1) is 11.3 Å². The van der Waals surface area contributed by atoms with Gasteiger partial charge in [0.05, 0.1) is 0 Å². The zero-order chi connectivity index (χ0) is 11.7. The summed E-state index contributed by atoms with van der Waals surface area (Å²) in [7, 11) is 0. The van der Waals surface area contributed by atoms with E-state index < -0.39 is 0 Å². The van der Waals surface area contributed by atoms with Crippen molar-refractivity contribution in [2.75, 3.05) is 12.0 Å². The topological polar surface area (TPSA) is 60.7 Å². The maximum atomic E-state index is 9.15. The summed E-state index contributed by atoms with van der Waals surface area (Å²) in [5.74, 6) is 0.790. The van der Waals surface area contributed by atoms with Crippen LogP contribution in [0.3, 0.4) is 0 Å². The average molecular weight is 224 g/mol. The summed E-state index contributed by atoms with van der Waals surface area (Å²) in [6.45, 7) is 0.909. The van der Waals surface area contributed by atoms with Gasteiger partial charge in [-0.2, -0.15) is 5.26 Å². The number of hydrazine groups is 1. The van der Waals surface area contributed by atoms with E-state index in [2.05, 4.69) is 28.0 Å². The van der Waals surface area contributed by atoms with E-state index in [1.807, 2.05) is 18.2 Å². The van der Waals surface area contributed by atoms with E-state index in [1.165, 1.54) is 5.56 Å². The normalized spacial score (nSPS) is 14.5. The lowest BCUT2D eigenvalue weighted by atomic mass is 10.0. The summed E-state index contributed by atoms with van der Waals surface area (Å²) in [5, 5.41) is 11.2.